The Kier molecular flexibility index (Phi) is 4.45. The molecule has 0 radical (unpaired) electrons. The molecule has 0 spiro atoms. The number of sulfonamides is 1. The smallest absolute Gasteiger partial charge is 0.243 e. The highest BCUT2D eigenvalue weighted by atomic mass is 32.2. The lowest BCUT2D eigenvalue weighted by molar-refractivity contribution is -0.114. The lowest BCUT2D eigenvalue weighted by atomic mass is 10.1. The summed E-state index contributed by atoms with van der Waals surface area (Å²) in [4.78, 5) is 11.2. The molecule has 1 atom stereocenters. The Hall–Kier alpha value is -1.40. The number of anilines is 1. The predicted molar refractivity (Wildman–Crippen MR) is 78.0 cm³/mol. The number of hydrogen-bond donors (Lipinski definition) is 1. The molecule has 2 rings (SSSR count). The molecule has 1 N–H and O–H groups in total. The molecule has 110 valence electrons. The first-order valence-corrected chi connectivity index (χ1v) is 8.25. The summed E-state index contributed by atoms with van der Waals surface area (Å²) in [6, 6.07) is 6.36. The minimum absolute atomic E-state index is 0.0452. The molecule has 6 heteroatoms. The van der Waals surface area contributed by atoms with Gasteiger partial charge in [0.15, 0.2) is 0 Å². The highest BCUT2D eigenvalue weighted by molar-refractivity contribution is 7.89. The minimum Gasteiger partial charge on any atom is -0.326 e. The second-order valence-corrected chi connectivity index (χ2v) is 7.06. The topological polar surface area (TPSA) is 66.5 Å². The first-order chi connectivity index (χ1) is 9.41. The third kappa shape index (κ3) is 3.19. The fraction of sp³-hybridized carbons (Fsp3) is 0.500. The number of benzene rings is 1. The molecule has 0 bridgehead atoms. The van der Waals surface area contributed by atoms with Crippen molar-refractivity contribution in [2.45, 2.75) is 44.0 Å². The normalized spacial score (nSPS) is 20.6. The largest absolute Gasteiger partial charge is 0.326 e. The standard InChI is InChI=1S/C14H20N2O3S/c1-11-5-3-4-10-16(11)20(18,19)14-8-6-13(7-9-14)15-12(2)17/h6-9,11H,3-5,10H2,1-2H3,(H,15,17)/t11-/m1/s1. The molecule has 1 aromatic rings. The Balaban J connectivity index is 2.23. The van der Waals surface area contributed by atoms with Gasteiger partial charge in [-0.1, -0.05) is 6.42 Å². The van der Waals surface area contributed by atoms with Crippen LogP contribution in [-0.2, 0) is 14.8 Å². The molecule has 1 amide bonds. The predicted octanol–water partition coefficient (Wildman–Crippen LogP) is 2.21. The monoisotopic (exact) mass is 296 g/mol. The van der Waals surface area contributed by atoms with Crippen molar-refractivity contribution in [1.82, 2.24) is 4.31 Å². The Bertz CT molecular complexity index is 581. The molecular weight excluding hydrogens is 276 g/mol. The second kappa shape index (κ2) is 5.93. The molecule has 20 heavy (non-hydrogen) atoms. The zero-order chi connectivity index (χ0) is 14.8. The van der Waals surface area contributed by atoms with Crippen molar-refractivity contribution in [1.29, 1.82) is 0 Å². The molecule has 1 saturated heterocycles. The maximum Gasteiger partial charge on any atom is 0.243 e. The molecule has 1 fully saturated rings. The van der Waals surface area contributed by atoms with Crippen molar-refractivity contribution in [3.8, 4) is 0 Å². The van der Waals surface area contributed by atoms with Crippen molar-refractivity contribution in [2.24, 2.45) is 0 Å². The van der Waals surface area contributed by atoms with E-state index in [0.717, 1.165) is 19.3 Å². The summed E-state index contributed by atoms with van der Waals surface area (Å²) in [5.41, 5.74) is 0.600. The fourth-order valence-electron chi connectivity index (χ4n) is 2.48. The fourth-order valence-corrected chi connectivity index (χ4v) is 4.18. The van der Waals surface area contributed by atoms with Gasteiger partial charge in [0.25, 0.3) is 0 Å². The van der Waals surface area contributed by atoms with Gasteiger partial charge in [0.2, 0.25) is 15.9 Å². The number of nitrogens with one attached hydrogen (secondary N) is 1. The van der Waals surface area contributed by atoms with Crippen LogP contribution in [0, 0.1) is 0 Å². The van der Waals surface area contributed by atoms with Crippen LogP contribution in [0.25, 0.3) is 0 Å². The van der Waals surface area contributed by atoms with Gasteiger partial charge in [-0.15, -0.1) is 0 Å². The summed E-state index contributed by atoms with van der Waals surface area (Å²) >= 11 is 0. The van der Waals surface area contributed by atoms with Crippen LogP contribution in [0.3, 0.4) is 0 Å². The summed E-state index contributed by atoms with van der Waals surface area (Å²) in [6.07, 6.45) is 2.89. The van der Waals surface area contributed by atoms with E-state index < -0.39 is 10.0 Å². The van der Waals surface area contributed by atoms with E-state index in [0.29, 0.717) is 12.2 Å². The molecule has 5 nitrogen and oxygen atoms in total. The zero-order valence-corrected chi connectivity index (χ0v) is 12.6. The van der Waals surface area contributed by atoms with E-state index in [1.807, 2.05) is 6.92 Å². The summed E-state index contributed by atoms with van der Waals surface area (Å²) in [5.74, 6) is -0.176. The van der Waals surface area contributed by atoms with Crippen LogP contribution in [0.4, 0.5) is 5.69 Å². The van der Waals surface area contributed by atoms with E-state index in [2.05, 4.69) is 5.32 Å². The van der Waals surface area contributed by atoms with Gasteiger partial charge in [-0.2, -0.15) is 4.31 Å². The lowest BCUT2D eigenvalue weighted by Gasteiger charge is -2.32. The highest BCUT2D eigenvalue weighted by Crippen LogP contribution is 2.25. The van der Waals surface area contributed by atoms with Gasteiger partial charge in [0.05, 0.1) is 4.90 Å². The number of piperidine rings is 1. The van der Waals surface area contributed by atoms with Crippen molar-refractivity contribution in [3.05, 3.63) is 24.3 Å². The number of rotatable bonds is 3. The van der Waals surface area contributed by atoms with Crippen LogP contribution in [0.5, 0.6) is 0 Å². The molecule has 0 aliphatic carbocycles. The maximum absolute atomic E-state index is 12.6. The average Bonchev–Trinajstić information content (AvgIpc) is 2.39. The average molecular weight is 296 g/mol. The number of amides is 1. The van der Waals surface area contributed by atoms with Gasteiger partial charge >= 0.3 is 0 Å². The number of carbonyl (C=O) groups excluding carboxylic acids is 1. The molecule has 0 saturated carbocycles. The van der Waals surface area contributed by atoms with E-state index >= 15 is 0 Å². The quantitative estimate of drug-likeness (QED) is 0.930. The van der Waals surface area contributed by atoms with Gasteiger partial charge in [-0.3, -0.25) is 4.79 Å². The Morgan fingerprint density at radius 1 is 1.25 bits per heavy atom. The van der Waals surface area contributed by atoms with Gasteiger partial charge in [-0.05, 0) is 44.0 Å². The summed E-state index contributed by atoms with van der Waals surface area (Å²) in [7, 11) is -3.44. The number of hydrogen-bond acceptors (Lipinski definition) is 3. The molecule has 1 aromatic carbocycles. The molecule has 1 aliphatic rings. The van der Waals surface area contributed by atoms with Crippen LogP contribution in [0.2, 0.25) is 0 Å². The molecular formula is C14H20N2O3S. The molecule has 0 unspecified atom stereocenters. The van der Waals surface area contributed by atoms with Gasteiger partial charge in [0, 0.05) is 25.2 Å². The van der Waals surface area contributed by atoms with Gasteiger partial charge in [0.1, 0.15) is 0 Å². The Morgan fingerprint density at radius 2 is 1.90 bits per heavy atom. The van der Waals surface area contributed by atoms with E-state index in [-0.39, 0.29) is 16.8 Å². The van der Waals surface area contributed by atoms with Gasteiger partial charge in [-0.25, -0.2) is 8.42 Å². The van der Waals surface area contributed by atoms with Crippen molar-refractivity contribution >= 4 is 21.6 Å². The van der Waals surface area contributed by atoms with Crippen molar-refractivity contribution < 1.29 is 13.2 Å². The van der Waals surface area contributed by atoms with E-state index in [1.54, 1.807) is 28.6 Å². The minimum atomic E-state index is -3.44. The van der Waals surface area contributed by atoms with Crippen LogP contribution < -0.4 is 5.32 Å². The Labute approximate surface area is 120 Å². The third-order valence-electron chi connectivity index (χ3n) is 3.52. The highest BCUT2D eigenvalue weighted by Gasteiger charge is 2.30. The maximum atomic E-state index is 12.6. The van der Waals surface area contributed by atoms with Gasteiger partial charge < -0.3 is 5.32 Å². The van der Waals surface area contributed by atoms with Crippen LogP contribution in [0.1, 0.15) is 33.1 Å². The van der Waals surface area contributed by atoms with Crippen LogP contribution in [-0.4, -0.2) is 31.2 Å². The first-order valence-electron chi connectivity index (χ1n) is 6.81. The molecule has 1 heterocycles. The molecule has 1 aliphatic heterocycles. The summed E-state index contributed by atoms with van der Waals surface area (Å²) in [6.45, 7) is 3.94. The van der Waals surface area contributed by atoms with E-state index in [9.17, 15) is 13.2 Å². The van der Waals surface area contributed by atoms with E-state index in [4.69, 9.17) is 0 Å². The van der Waals surface area contributed by atoms with Crippen LogP contribution in [0.15, 0.2) is 29.2 Å². The Morgan fingerprint density at radius 3 is 2.45 bits per heavy atom. The first kappa shape index (κ1) is 15.0. The molecule has 0 aromatic heterocycles. The number of carbonyl (C=O) groups is 1. The van der Waals surface area contributed by atoms with Crippen molar-refractivity contribution in [2.75, 3.05) is 11.9 Å². The van der Waals surface area contributed by atoms with E-state index in [1.165, 1.54) is 6.92 Å². The zero-order valence-electron chi connectivity index (χ0n) is 11.8. The second-order valence-electron chi connectivity index (χ2n) is 5.17. The number of nitrogens with zero attached hydrogens (tertiary/aromatic N) is 1. The van der Waals surface area contributed by atoms with Crippen LogP contribution >= 0.6 is 0 Å². The summed E-state index contributed by atoms with van der Waals surface area (Å²) < 4.78 is 26.7. The SMILES string of the molecule is CC(=O)Nc1ccc(S(=O)(=O)N2CCCC[C@H]2C)cc1. The third-order valence-corrected chi connectivity index (χ3v) is 5.55. The lowest BCUT2D eigenvalue weighted by Crippen LogP contribution is -2.41. The summed E-state index contributed by atoms with van der Waals surface area (Å²) in [5, 5.41) is 2.62. The van der Waals surface area contributed by atoms with Crippen molar-refractivity contribution in [3.63, 3.8) is 0 Å².